The van der Waals surface area contributed by atoms with Crippen LogP contribution >= 0.6 is 22.7 Å². The Bertz CT molecular complexity index is 663. The summed E-state index contributed by atoms with van der Waals surface area (Å²) in [5, 5.41) is 1.98. The summed E-state index contributed by atoms with van der Waals surface area (Å²) in [7, 11) is 1.80. The summed E-state index contributed by atoms with van der Waals surface area (Å²) < 4.78 is 0. The van der Waals surface area contributed by atoms with Crippen molar-refractivity contribution in [1.82, 2.24) is 9.88 Å². The highest BCUT2D eigenvalue weighted by Crippen LogP contribution is 2.19. The van der Waals surface area contributed by atoms with Gasteiger partial charge in [-0.15, -0.1) is 22.7 Å². The van der Waals surface area contributed by atoms with Gasteiger partial charge >= 0.3 is 0 Å². The van der Waals surface area contributed by atoms with Crippen molar-refractivity contribution in [3.63, 3.8) is 0 Å². The summed E-state index contributed by atoms with van der Waals surface area (Å²) in [5.41, 5.74) is 8.77. The van der Waals surface area contributed by atoms with Crippen LogP contribution in [0.1, 0.15) is 25.8 Å². The third kappa shape index (κ3) is 3.45. The number of thiophene rings is 1. The van der Waals surface area contributed by atoms with Crippen LogP contribution in [0.5, 0.6) is 0 Å². The maximum absolute atomic E-state index is 12.3. The van der Waals surface area contributed by atoms with Crippen LogP contribution in [0.15, 0.2) is 17.0 Å². The van der Waals surface area contributed by atoms with E-state index in [-0.39, 0.29) is 5.91 Å². The summed E-state index contributed by atoms with van der Waals surface area (Å²) in [6.07, 6.45) is 0. The van der Waals surface area contributed by atoms with Crippen LogP contribution in [-0.2, 0) is 6.54 Å². The number of aryl methyl sites for hydroxylation is 1. The zero-order chi connectivity index (χ0) is 14.5. The Balaban J connectivity index is 2.04. The summed E-state index contributed by atoms with van der Waals surface area (Å²) in [6.45, 7) is 2.78. The molecule has 2 rings (SSSR count). The fourth-order valence-corrected chi connectivity index (χ4v) is 3.33. The van der Waals surface area contributed by atoms with Gasteiger partial charge in [-0.25, -0.2) is 4.98 Å². The number of rotatable bonds is 3. The Kier molecular flexibility index (Phi) is 4.90. The number of thiazole rings is 1. The third-order valence-electron chi connectivity index (χ3n) is 2.67. The molecule has 0 aliphatic rings. The molecule has 0 atom stereocenters. The van der Waals surface area contributed by atoms with Gasteiger partial charge < -0.3 is 10.6 Å². The minimum Gasteiger partial charge on any atom is -0.336 e. The highest BCUT2D eigenvalue weighted by Gasteiger charge is 2.17. The third-order valence-corrected chi connectivity index (χ3v) is 4.51. The van der Waals surface area contributed by atoms with Gasteiger partial charge in [0.05, 0.1) is 24.3 Å². The van der Waals surface area contributed by atoms with Crippen molar-refractivity contribution in [2.45, 2.75) is 13.5 Å². The predicted octanol–water partition coefficient (Wildman–Crippen LogP) is 2.10. The number of amides is 1. The Morgan fingerprint density at radius 1 is 1.50 bits per heavy atom. The van der Waals surface area contributed by atoms with Gasteiger partial charge in [-0.05, 0) is 13.0 Å². The molecule has 2 heterocycles. The maximum atomic E-state index is 12.3. The van der Waals surface area contributed by atoms with Crippen molar-refractivity contribution in [2.24, 2.45) is 5.73 Å². The molecule has 4 nitrogen and oxygen atoms in total. The molecule has 0 saturated carbocycles. The van der Waals surface area contributed by atoms with E-state index in [2.05, 4.69) is 16.8 Å². The molecule has 6 heteroatoms. The molecule has 2 aromatic heterocycles. The molecular weight excluding hydrogens is 290 g/mol. The Morgan fingerprint density at radius 2 is 2.30 bits per heavy atom. The van der Waals surface area contributed by atoms with Crippen LogP contribution < -0.4 is 5.73 Å². The number of aromatic nitrogens is 1. The van der Waals surface area contributed by atoms with Gasteiger partial charge in [-0.2, -0.15) is 0 Å². The van der Waals surface area contributed by atoms with E-state index in [1.165, 1.54) is 11.3 Å². The Hall–Kier alpha value is -1.68. The first-order chi connectivity index (χ1) is 9.61. The van der Waals surface area contributed by atoms with E-state index in [4.69, 9.17) is 5.73 Å². The highest BCUT2D eigenvalue weighted by atomic mass is 32.1. The number of nitrogens with zero attached hydrogens (tertiary/aromatic N) is 2. The average Bonchev–Trinajstić information content (AvgIpc) is 3.04. The van der Waals surface area contributed by atoms with E-state index < -0.39 is 0 Å². The summed E-state index contributed by atoms with van der Waals surface area (Å²) >= 11 is 2.98. The number of carbonyl (C=O) groups excluding carboxylic acids is 1. The van der Waals surface area contributed by atoms with E-state index in [9.17, 15) is 4.79 Å². The van der Waals surface area contributed by atoms with E-state index >= 15 is 0 Å². The first-order valence-electron chi connectivity index (χ1n) is 6.03. The molecule has 20 heavy (non-hydrogen) atoms. The molecule has 0 spiro atoms. The molecule has 0 radical (unpaired) electrons. The van der Waals surface area contributed by atoms with Crippen LogP contribution in [0.25, 0.3) is 0 Å². The van der Waals surface area contributed by atoms with Gasteiger partial charge in [-0.1, -0.05) is 11.8 Å². The van der Waals surface area contributed by atoms with Gasteiger partial charge in [0.1, 0.15) is 4.88 Å². The van der Waals surface area contributed by atoms with Crippen molar-refractivity contribution >= 4 is 28.6 Å². The summed E-state index contributed by atoms with van der Waals surface area (Å²) in [5.74, 6) is 5.82. The van der Waals surface area contributed by atoms with E-state index in [0.29, 0.717) is 18.0 Å². The van der Waals surface area contributed by atoms with E-state index in [0.717, 1.165) is 16.1 Å². The van der Waals surface area contributed by atoms with Gasteiger partial charge in [0, 0.05) is 22.9 Å². The van der Waals surface area contributed by atoms with Gasteiger partial charge in [0.15, 0.2) is 0 Å². The molecule has 0 fully saturated rings. The average molecular weight is 305 g/mol. The molecule has 0 unspecified atom stereocenters. The standard InChI is InChI=1S/C14H15N3OS2/c1-10-13(20-9-16-10)14(18)17(2)7-12-6-11(8-19-12)4-3-5-15/h6,8-9H,5,7,15H2,1-2H3. The topological polar surface area (TPSA) is 59.2 Å². The van der Waals surface area contributed by atoms with Crippen LogP contribution in [-0.4, -0.2) is 29.4 Å². The lowest BCUT2D eigenvalue weighted by atomic mass is 10.3. The van der Waals surface area contributed by atoms with Crippen LogP contribution in [0, 0.1) is 18.8 Å². The SMILES string of the molecule is Cc1ncsc1C(=O)N(C)Cc1cc(C#CCN)cs1. The second-order valence-electron chi connectivity index (χ2n) is 4.24. The second-order valence-corrected chi connectivity index (χ2v) is 6.09. The molecule has 0 aromatic carbocycles. The maximum Gasteiger partial charge on any atom is 0.265 e. The zero-order valence-corrected chi connectivity index (χ0v) is 13.0. The smallest absolute Gasteiger partial charge is 0.265 e. The Morgan fingerprint density at radius 3 is 2.95 bits per heavy atom. The van der Waals surface area contributed by atoms with Crippen LogP contribution in [0.3, 0.4) is 0 Å². The van der Waals surface area contributed by atoms with E-state index in [1.807, 2.05) is 18.4 Å². The fourth-order valence-electron chi connectivity index (χ4n) is 1.67. The molecule has 0 aliphatic carbocycles. The molecular formula is C14H15N3OS2. The molecule has 1 amide bonds. The number of hydrogen-bond acceptors (Lipinski definition) is 5. The lowest BCUT2D eigenvalue weighted by molar-refractivity contribution is 0.0790. The first-order valence-corrected chi connectivity index (χ1v) is 7.79. The fraction of sp³-hybridized carbons (Fsp3) is 0.286. The summed E-state index contributed by atoms with van der Waals surface area (Å²) in [6, 6.07) is 2.00. The van der Waals surface area contributed by atoms with Crippen LogP contribution in [0.4, 0.5) is 0 Å². The number of carbonyl (C=O) groups is 1. The normalized spacial score (nSPS) is 9.95. The minimum absolute atomic E-state index is 0.00740. The molecule has 0 aliphatic heterocycles. The number of nitrogens with two attached hydrogens (primary N) is 1. The lowest BCUT2D eigenvalue weighted by Crippen LogP contribution is -2.25. The molecule has 2 N–H and O–H groups in total. The van der Waals surface area contributed by atoms with E-state index in [1.54, 1.807) is 28.8 Å². The minimum atomic E-state index is 0.00740. The first kappa shape index (κ1) is 14.7. The van der Waals surface area contributed by atoms with Crippen molar-refractivity contribution in [2.75, 3.05) is 13.6 Å². The number of hydrogen-bond donors (Lipinski definition) is 1. The van der Waals surface area contributed by atoms with Gasteiger partial charge in [-0.3, -0.25) is 4.79 Å². The Labute approximate surface area is 126 Å². The molecule has 2 aromatic rings. The second kappa shape index (κ2) is 6.66. The molecule has 0 saturated heterocycles. The van der Waals surface area contributed by atoms with Gasteiger partial charge in [0.25, 0.3) is 5.91 Å². The van der Waals surface area contributed by atoms with Crippen molar-refractivity contribution in [1.29, 1.82) is 0 Å². The zero-order valence-electron chi connectivity index (χ0n) is 11.3. The summed E-state index contributed by atoms with van der Waals surface area (Å²) in [4.78, 5) is 19.9. The van der Waals surface area contributed by atoms with Crippen molar-refractivity contribution in [3.8, 4) is 11.8 Å². The van der Waals surface area contributed by atoms with Crippen molar-refractivity contribution in [3.05, 3.63) is 38.0 Å². The van der Waals surface area contributed by atoms with Gasteiger partial charge in [0.2, 0.25) is 0 Å². The molecule has 104 valence electrons. The molecule has 0 bridgehead atoms. The predicted molar refractivity (Wildman–Crippen MR) is 82.9 cm³/mol. The lowest BCUT2D eigenvalue weighted by Gasteiger charge is -2.15. The largest absolute Gasteiger partial charge is 0.336 e. The van der Waals surface area contributed by atoms with Crippen LogP contribution in [0.2, 0.25) is 0 Å². The quantitative estimate of drug-likeness (QED) is 0.883. The highest BCUT2D eigenvalue weighted by molar-refractivity contribution is 7.12. The van der Waals surface area contributed by atoms with Crippen molar-refractivity contribution < 1.29 is 4.79 Å². The monoisotopic (exact) mass is 305 g/mol.